The minimum absolute atomic E-state index is 0.00414. The number of ether oxygens (including phenoxy) is 6. The van der Waals surface area contributed by atoms with Crippen molar-refractivity contribution in [2.24, 2.45) is 11.5 Å². The normalized spacial score (nSPS) is 21.8. The molecule has 22 nitrogen and oxygen atoms in total. The number of hydrogen-bond donors (Lipinski definition) is 7. The molecule has 0 bridgehead atoms. The van der Waals surface area contributed by atoms with E-state index in [0.717, 1.165) is 31.4 Å². The van der Waals surface area contributed by atoms with Crippen LogP contribution < -0.4 is 38.5 Å². The molecule has 10 N–H and O–H groups in total. The minimum Gasteiger partial charge on any atom is -0.463 e. The summed E-state index contributed by atoms with van der Waals surface area (Å²) in [7, 11) is 0. The Balaban J connectivity index is 0.828. The summed E-state index contributed by atoms with van der Waals surface area (Å²) in [5.74, 6) is -0.00407. The van der Waals surface area contributed by atoms with Crippen molar-refractivity contribution in [3.8, 4) is 0 Å². The summed E-state index contributed by atoms with van der Waals surface area (Å²) in [6, 6.07) is 0.361. The van der Waals surface area contributed by atoms with Crippen LogP contribution in [0.15, 0.2) is 12.7 Å². The van der Waals surface area contributed by atoms with Crippen LogP contribution in [-0.2, 0) is 47.6 Å². The molecule has 2 aromatic heterocycles. The van der Waals surface area contributed by atoms with Gasteiger partial charge < -0.3 is 66.9 Å². The number of nitrogen functional groups attached to an aromatic ring is 1. The van der Waals surface area contributed by atoms with Crippen LogP contribution in [0.25, 0.3) is 11.2 Å². The van der Waals surface area contributed by atoms with Gasteiger partial charge in [0.05, 0.1) is 56.6 Å². The monoisotopic (exact) mass is 907 g/mol. The summed E-state index contributed by atoms with van der Waals surface area (Å²) >= 11 is 1.89. The standard InChI is InChI=1S/C40H65N11O11S/c1-40(42,43)12-11-32(54)60-22-26-21-28(38(61-26)51-25-48-35-36(41)46-24-47-37(35)51)62-33(55)10-4-9-31(53)45-14-6-16-58-18-20-59-19-17-57-15-5-13-44-30(52)8-3-2-7-29-34-27(23-63-29)49-39(56)50-34/h24-29,34,38H,2-23,42-43H2,1H3,(H,44,52)(H,45,53)(H2,41,46,47)(H2,49,50,56)/t26-,27+,28-,29-,34+,38+/m0/s1. The first-order valence-corrected chi connectivity index (χ1v) is 22.9. The summed E-state index contributed by atoms with van der Waals surface area (Å²) in [5, 5.41) is 12.1. The molecule has 3 aliphatic rings. The Bertz CT molecular complexity index is 1780. The van der Waals surface area contributed by atoms with Crippen molar-refractivity contribution in [3.63, 3.8) is 0 Å². The molecule has 2 aromatic rings. The summed E-state index contributed by atoms with van der Waals surface area (Å²) in [5.41, 5.74) is 17.2. The molecule has 0 aromatic carbocycles. The lowest BCUT2D eigenvalue weighted by Crippen LogP contribution is -2.46. The number of carbonyl (C=O) groups excluding carboxylic acids is 5. The van der Waals surface area contributed by atoms with Crippen molar-refractivity contribution in [1.82, 2.24) is 40.8 Å². The SMILES string of the molecule is CC(N)(N)CCC(=O)OC[C@@H]1C[C@H](OC(=O)CCCC(=O)NCCCOCCOCCOCCCNC(=O)CCCC[C@@H]2SC[C@H]3NC(=O)N[C@@H]23)[C@H](n2cnc3c(N)ncnc32)O1. The number of anilines is 1. The van der Waals surface area contributed by atoms with Crippen molar-refractivity contribution in [1.29, 1.82) is 0 Å². The van der Waals surface area contributed by atoms with E-state index < -0.39 is 36.0 Å². The highest BCUT2D eigenvalue weighted by atomic mass is 32.2. The molecule has 63 heavy (non-hydrogen) atoms. The molecule has 6 atom stereocenters. The Labute approximate surface area is 371 Å². The van der Waals surface area contributed by atoms with Crippen molar-refractivity contribution in [2.45, 2.75) is 125 Å². The van der Waals surface area contributed by atoms with Crippen LogP contribution >= 0.6 is 11.8 Å². The van der Waals surface area contributed by atoms with Crippen LogP contribution in [0.4, 0.5) is 10.6 Å². The van der Waals surface area contributed by atoms with E-state index in [1.807, 2.05) is 11.8 Å². The van der Waals surface area contributed by atoms with E-state index in [9.17, 15) is 24.0 Å². The zero-order valence-corrected chi connectivity index (χ0v) is 36.9. The first-order chi connectivity index (χ1) is 30.4. The summed E-state index contributed by atoms with van der Waals surface area (Å²) < 4.78 is 35.7. The molecule has 352 valence electrons. The number of fused-ring (bicyclic) bond motifs is 2. The highest BCUT2D eigenvalue weighted by molar-refractivity contribution is 8.00. The van der Waals surface area contributed by atoms with Gasteiger partial charge in [0.2, 0.25) is 11.8 Å². The van der Waals surface area contributed by atoms with Gasteiger partial charge in [-0.1, -0.05) is 6.42 Å². The highest BCUT2D eigenvalue weighted by Crippen LogP contribution is 2.35. The third kappa shape index (κ3) is 17.3. The van der Waals surface area contributed by atoms with Crippen molar-refractivity contribution in [3.05, 3.63) is 12.7 Å². The van der Waals surface area contributed by atoms with E-state index >= 15 is 0 Å². The Morgan fingerprint density at radius 3 is 2.25 bits per heavy atom. The van der Waals surface area contributed by atoms with Gasteiger partial charge in [0, 0.05) is 69.4 Å². The lowest BCUT2D eigenvalue weighted by Gasteiger charge is -2.20. The first-order valence-electron chi connectivity index (χ1n) is 21.8. The lowest BCUT2D eigenvalue weighted by atomic mass is 10.0. The average Bonchev–Trinajstić information content (AvgIpc) is 4.03. The van der Waals surface area contributed by atoms with Gasteiger partial charge in [-0.15, -0.1) is 0 Å². The second-order valence-corrected chi connectivity index (χ2v) is 17.4. The molecule has 0 unspecified atom stereocenters. The van der Waals surface area contributed by atoms with Crippen LogP contribution in [0.3, 0.4) is 0 Å². The second-order valence-electron chi connectivity index (χ2n) is 16.1. The Morgan fingerprint density at radius 1 is 0.873 bits per heavy atom. The van der Waals surface area contributed by atoms with Gasteiger partial charge in [0.1, 0.15) is 24.6 Å². The zero-order valence-electron chi connectivity index (χ0n) is 36.1. The van der Waals surface area contributed by atoms with Crippen LogP contribution in [-0.4, -0.2) is 150 Å². The van der Waals surface area contributed by atoms with Crippen LogP contribution in [0, 0.1) is 0 Å². The molecule has 0 radical (unpaired) electrons. The number of thioether (sulfide) groups is 1. The number of esters is 2. The molecule has 5 heterocycles. The molecule has 5 rings (SSSR count). The number of rotatable bonds is 30. The quantitative estimate of drug-likeness (QED) is 0.0243. The number of urea groups is 1. The van der Waals surface area contributed by atoms with E-state index in [1.165, 1.54) is 12.7 Å². The second kappa shape index (κ2) is 25.8. The van der Waals surface area contributed by atoms with Gasteiger partial charge in [-0.2, -0.15) is 11.8 Å². The molecule has 3 saturated heterocycles. The van der Waals surface area contributed by atoms with Crippen molar-refractivity contribution >= 4 is 58.5 Å². The zero-order chi connectivity index (χ0) is 45.0. The van der Waals surface area contributed by atoms with Gasteiger partial charge in [-0.25, -0.2) is 19.7 Å². The van der Waals surface area contributed by atoms with E-state index in [-0.39, 0.29) is 80.9 Å². The maximum atomic E-state index is 12.9. The molecule has 4 amide bonds. The number of aromatic nitrogens is 4. The molecular weight excluding hydrogens is 843 g/mol. The number of nitrogens with zero attached hydrogens (tertiary/aromatic N) is 4. The van der Waals surface area contributed by atoms with Gasteiger partial charge in [0.15, 0.2) is 17.7 Å². The predicted octanol–water partition coefficient (Wildman–Crippen LogP) is 0.523. The van der Waals surface area contributed by atoms with Gasteiger partial charge >= 0.3 is 18.0 Å². The van der Waals surface area contributed by atoms with Crippen LogP contribution in [0.5, 0.6) is 0 Å². The topological polar surface area (TPSA) is 311 Å². The average molecular weight is 908 g/mol. The Morgan fingerprint density at radius 2 is 1.56 bits per heavy atom. The summed E-state index contributed by atoms with van der Waals surface area (Å²) in [6.07, 6.45) is 6.13. The van der Waals surface area contributed by atoms with E-state index in [4.69, 9.17) is 45.6 Å². The summed E-state index contributed by atoms with van der Waals surface area (Å²) in [6.45, 7) is 5.22. The molecule has 3 fully saturated rings. The lowest BCUT2D eigenvalue weighted by molar-refractivity contribution is -0.155. The van der Waals surface area contributed by atoms with Gasteiger partial charge in [-0.05, 0) is 45.4 Å². The number of amides is 4. The molecule has 0 spiro atoms. The number of nitrogens with two attached hydrogens (primary N) is 3. The molecule has 0 saturated carbocycles. The third-order valence-corrected chi connectivity index (χ3v) is 12.1. The number of imidazole rings is 1. The van der Waals surface area contributed by atoms with Crippen molar-refractivity contribution in [2.75, 3.05) is 70.8 Å². The highest BCUT2D eigenvalue weighted by Gasteiger charge is 2.43. The largest absolute Gasteiger partial charge is 0.463 e. The smallest absolute Gasteiger partial charge is 0.315 e. The van der Waals surface area contributed by atoms with Gasteiger partial charge in [0.25, 0.3) is 0 Å². The maximum absolute atomic E-state index is 12.9. The fourth-order valence-electron chi connectivity index (χ4n) is 7.28. The van der Waals surface area contributed by atoms with Crippen LogP contribution in [0.2, 0.25) is 0 Å². The summed E-state index contributed by atoms with van der Waals surface area (Å²) in [4.78, 5) is 73.8. The first kappa shape index (κ1) is 49.6. The van der Waals surface area contributed by atoms with Crippen LogP contribution in [0.1, 0.15) is 90.2 Å². The Kier molecular flexibility index (Phi) is 20.3. The third-order valence-electron chi connectivity index (χ3n) is 10.6. The molecule has 0 aliphatic carbocycles. The predicted molar refractivity (Wildman–Crippen MR) is 231 cm³/mol. The van der Waals surface area contributed by atoms with E-state index in [1.54, 1.807) is 11.5 Å². The van der Waals surface area contributed by atoms with E-state index in [2.05, 4.69) is 36.2 Å². The maximum Gasteiger partial charge on any atom is 0.315 e. The minimum atomic E-state index is -1.01. The van der Waals surface area contributed by atoms with E-state index in [0.29, 0.717) is 82.0 Å². The molecule has 23 heteroatoms. The number of nitrogens with one attached hydrogen (secondary N) is 4. The van der Waals surface area contributed by atoms with Crippen molar-refractivity contribution < 1.29 is 52.4 Å². The molecule has 3 aliphatic heterocycles. The number of carbonyl (C=O) groups is 5. The number of hydrogen-bond acceptors (Lipinski definition) is 18. The molecular formula is C40H65N11O11S. The number of unbranched alkanes of at least 4 members (excludes halogenated alkanes) is 1. The fraction of sp³-hybridized carbons (Fsp3) is 0.750. The Hall–Kier alpha value is -4.39. The fourth-order valence-corrected chi connectivity index (χ4v) is 8.82. The van der Waals surface area contributed by atoms with Gasteiger partial charge in [-0.3, -0.25) is 23.7 Å².